The van der Waals surface area contributed by atoms with Crippen LogP contribution in [0.1, 0.15) is 12.8 Å². The highest BCUT2D eigenvalue weighted by Gasteiger charge is 2.44. The van der Waals surface area contributed by atoms with Crippen LogP contribution in [0.4, 0.5) is 0 Å². The predicted octanol–water partition coefficient (Wildman–Crippen LogP) is -1.82. The van der Waals surface area contributed by atoms with Gasteiger partial charge in [0.15, 0.2) is 0 Å². The molecule has 0 bridgehead atoms. The summed E-state index contributed by atoms with van der Waals surface area (Å²) in [5, 5.41) is 18.4. The Balaban J connectivity index is 2.90. The summed E-state index contributed by atoms with van der Waals surface area (Å²) < 4.78 is 24.9. The third kappa shape index (κ3) is 1.59. The maximum absolute atomic E-state index is 11.1. The monoisotopic (exact) mass is 196 g/mol. The number of aliphatic hydroxyl groups is 2. The van der Waals surface area contributed by atoms with E-state index in [2.05, 4.69) is 0 Å². The van der Waals surface area contributed by atoms with Crippen LogP contribution < -0.4 is 4.72 Å². The molecule has 0 aromatic heterocycles. The predicted molar refractivity (Wildman–Crippen MR) is 41.1 cm³/mol. The number of nitrogens with one attached hydrogen (secondary N) is 1. The van der Waals surface area contributed by atoms with Gasteiger partial charge in [0.25, 0.3) is 10.2 Å². The molecule has 0 radical (unpaired) electrons. The fourth-order valence-electron chi connectivity index (χ4n) is 1.19. The standard InChI is InChI=1S/C5H12N2O4S/c1-6-12(10,11)7-4-2-3-5(7,8)9/h6,8-9H,2-4H2,1H3. The maximum atomic E-state index is 11.1. The van der Waals surface area contributed by atoms with E-state index in [0.717, 1.165) is 0 Å². The Bertz CT molecular complexity index is 261. The Morgan fingerprint density at radius 3 is 2.42 bits per heavy atom. The van der Waals surface area contributed by atoms with Gasteiger partial charge in [0.1, 0.15) is 0 Å². The first-order valence-corrected chi connectivity index (χ1v) is 5.00. The number of hydrogen-bond donors (Lipinski definition) is 3. The summed E-state index contributed by atoms with van der Waals surface area (Å²) in [6.45, 7) is 0.135. The van der Waals surface area contributed by atoms with Gasteiger partial charge in [0, 0.05) is 20.0 Å². The van der Waals surface area contributed by atoms with E-state index in [9.17, 15) is 18.6 Å². The van der Waals surface area contributed by atoms with E-state index < -0.39 is 16.1 Å². The van der Waals surface area contributed by atoms with Crippen LogP contribution in [0.5, 0.6) is 0 Å². The van der Waals surface area contributed by atoms with Gasteiger partial charge < -0.3 is 10.2 Å². The summed E-state index contributed by atoms with van der Waals surface area (Å²) in [7, 11) is -2.50. The lowest BCUT2D eigenvalue weighted by molar-refractivity contribution is -0.214. The third-order valence-corrected chi connectivity index (χ3v) is 3.39. The van der Waals surface area contributed by atoms with Gasteiger partial charge >= 0.3 is 0 Å². The van der Waals surface area contributed by atoms with Crippen LogP contribution in [0.15, 0.2) is 0 Å². The van der Waals surface area contributed by atoms with Crippen molar-refractivity contribution in [3.63, 3.8) is 0 Å². The van der Waals surface area contributed by atoms with Crippen LogP contribution in [0, 0.1) is 0 Å². The zero-order valence-corrected chi connectivity index (χ0v) is 7.50. The smallest absolute Gasteiger partial charge is 0.283 e. The van der Waals surface area contributed by atoms with E-state index in [1.54, 1.807) is 0 Å². The van der Waals surface area contributed by atoms with Crippen LogP contribution in [0.2, 0.25) is 0 Å². The molecule has 1 heterocycles. The maximum Gasteiger partial charge on any atom is 0.283 e. The Hall–Kier alpha value is -0.210. The molecule has 3 N–H and O–H groups in total. The molecule has 1 aliphatic heterocycles. The molecule has 0 spiro atoms. The summed E-state index contributed by atoms with van der Waals surface area (Å²) in [6.07, 6.45) is 0.502. The molecular weight excluding hydrogens is 184 g/mol. The Labute approximate surface area is 71.0 Å². The molecule has 0 amide bonds. The van der Waals surface area contributed by atoms with Crippen molar-refractivity contribution in [3.05, 3.63) is 0 Å². The molecule has 0 saturated carbocycles. The molecule has 72 valence electrons. The topological polar surface area (TPSA) is 89.9 Å². The summed E-state index contributed by atoms with van der Waals surface area (Å²) in [5.74, 6) is -2.22. The van der Waals surface area contributed by atoms with E-state index >= 15 is 0 Å². The average molecular weight is 196 g/mol. The second-order valence-electron chi connectivity index (χ2n) is 2.66. The fourth-order valence-corrected chi connectivity index (χ4v) is 2.25. The first kappa shape index (κ1) is 9.87. The first-order chi connectivity index (χ1) is 5.40. The minimum atomic E-state index is -3.72. The quantitative estimate of drug-likeness (QED) is 0.454. The number of rotatable bonds is 2. The van der Waals surface area contributed by atoms with Crippen LogP contribution in [-0.2, 0) is 10.2 Å². The Morgan fingerprint density at radius 1 is 1.50 bits per heavy atom. The second kappa shape index (κ2) is 2.93. The highest BCUT2D eigenvalue weighted by Crippen LogP contribution is 2.25. The fraction of sp³-hybridized carbons (Fsp3) is 1.00. The molecule has 1 aliphatic rings. The molecule has 1 fully saturated rings. The zero-order valence-electron chi connectivity index (χ0n) is 6.69. The van der Waals surface area contributed by atoms with Crippen molar-refractivity contribution in [3.8, 4) is 0 Å². The molecule has 0 unspecified atom stereocenters. The molecule has 7 heteroatoms. The molecule has 6 nitrogen and oxygen atoms in total. The summed E-state index contributed by atoms with van der Waals surface area (Å²) in [6, 6.07) is 0. The number of nitrogens with zero attached hydrogens (tertiary/aromatic N) is 1. The van der Waals surface area contributed by atoms with Gasteiger partial charge in [-0.1, -0.05) is 0 Å². The van der Waals surface area contributed by atoms with Crippen molar-refractivity contribution in [1.29, 1.82) is 0 Å². The molecule has 1 rings (SSSR count). The molecular formula is C5H12N2O4S. The lowest BCUT2D eigenvalue weighted by atomic mass is 10.3. The van der Waals surface area contributed by atoms with Crippen molar-refractivity contribution in [2.75, 3.05) is 13.6 Å². The molecule has 12 heavy (non-hydrogen) atoms. The van der Waals surface area contributed by atoms with E-state index in [0.29, 0.717) is 10.7 Å². The lowest BCUT2D eigenvalue weighted by Gasteiger charge is -2.26. The van der Waals surface area contributed by atoms with Gasteiger partial charge in [0.2, 0.25) is 5.91 Å². The summed E-state index contributed by atoms with van der Waals surface area (Å²) in [4.78, 5) is 0. The van der Waals surface area contributed by atoms with E-state index in [1.165, 1.54) is 7.05 Å². The lowest BCUT2D eigenvalue weighted by Crippen LogP contribution is -2.50. The number of hydrogen-bond acceptors (Lipinski definition) is 4. The van der Waals surface area contributed by atoms with Crippen molar-refractivity contribution < 1.29 is 18.6 Å². The van der Waals surface area contributed by atoms with Gasteiger partial charge in [-0.25, -0.2) is 4.72 Å². The third-order valence-electron chi connectivity index (χ3n) is 1.82. The highest BCUT2D eigenvalue weighted by molar-refractivity contribution is 7.87. The Kier molecular flexibility index (Phi) is 2.41. The van der Waals surface area contributed by atoms with Crippen molar-refractivity contribution in [1.82, 2.24) is 9.03 Å². The average Bonchev–Trinajstić information content (AvgIpc) is 2.30. The van der Waals surface area contributed by atoms with Gasteiger partial charge in [-0.15, -0.1) is 4.31 Å². The van der Waals surface area contributed by atoms with E-state index in [1.807, 2.05) is 4.72 Å². The van der Waals surface area contributed by atoms with Crippen molar-refractivity contribution in [2.24, 2.45) is 0 Å². The largest absolute Gasteiger partial charge is 0.353 e. The van der Waals surface area contributed by atoms with Crippen LogP contribution >= 0.6 is 0 Å². The minimum Gasteiger partial charge on any atom is -0.353 e. The van der Waals surface area contributed by atoms with Crippen molar-refractivity contribution in [2.45, 2.75) is 18.8 Å². The van der Waals surface area contributed by atoms with Gasteiger partial charge in [-0.2, -0.15) is 8.42 Å². The van der Waals surface area contributed by atoms with Crippen LogP contribution in [-0.4, -0.2) is 42.4 Å². The minimum absolute atomic E-state index is 0.0495. The van der Waals surface area contributed by atoms with E-state index in [-0.39, 0.29) is 13.0 Å². The summed E-state index contributed by atoms with van der Waals surface area (Å²) >= 11 is 0. The SMILES string of the molecule is CNS(=O)(=O)N1CCCC1(O)O. The highest BCUT2D eigenvalue weighted by atomic mass is 32.2. The Morgan fingerprint density at radius 2 is 2.08 bits per heavy atom. The van der Waals surface area contributed by atoms with Gasteiger partial charge in [0.05, 0.1) is 0 Å². The molecule has 0 aliphatic carbocycles. The van der Waals surface area contributed by atoms with Gasteiger partial charge in [-0.05, 0) is 6.42 Å². The molecule has 0 aromatic carbocycles. The first-order valence-electron chi connectivity index (χ1n) is 3.56. The summed E-state index contributed by atoms with van der Waals surface area (Å²) in [5.41, 5.74) is 0. The molecule has 1 saturated heterocycles. The molecule has 0 atom stereocenters. The zero-order chi connectivity index (χ0) is 9.41. The van der Waals surface area contributed by atoms with E-state index in [4.69, 9.17) is 0 Å². The second-order valence-corrected chi connectivity index (χ2v) is 4.46. The molecule has 0 aromatic rings. The van der Waals surface area contributed by atoms with Gasteiger partial charge in [-0.3, -0.25) is 0 Å². The van der Waals surface area contributed by atoms with Crippen LogP contribution in [0.3, 0.4) is 0 Å². The van der Waals surface area contributed by atoms with Crippen molar-refractivity contribution >= 4 is 10.2 Å². The normalized spacial score (nSPS) is 24.6. The van der Waals surface area contributed by atoms with Crippen LogP contribution in [0.25, 0.3) is 0 Å².